The number of carbonyl (C=O) groups excluding carboxylic acids is 1. The molecule has 0 unspecified atom stereocenters. The van der Waals surface area contributed by atoms with Crippen molar-refractivity contribution < 1.29 is 14.3 Å². The largest absolute Gasteiger partial charge is 0.493 e. The van der Waals surface area contributed by atoms with Gasteiger partial charge in [-0.05, 0) is 38.0 Å². The zero-order valence-corrected chi connectivity index (χ0v) is 12.7. The van der Waals surface area contributed by atoms with Crippen LogP contribution < -0.4 is 20.5 Å². The molecule has 0 spiro atoms. The number of hydrogen-bond acceptors (Lipinski definition) is 4. The first-order valence-corrected chi connectivity index (χ1v) is 6.64. The molecule has 0 radical (unpaired) electrons. The first-order valence-electron chi connectivity index (χ1n) is 6.64. The molecule has 1 aromatic rings. The van der Waals surface area contributed by atoms with Gasteiger partial charge >= 0.3 is 0 Å². The Hall–Kier alpha value is -1.75. The van der Waals surface area contributed by atoms with E-state index in [4.69, 9.17) is 15.2 Å². The van der Waals surface area contributed by atoms with Crippen LogP contribution in [0.4, 0.5) is 0 Å². The smallest absolute Gasteiger partial charge is 0.226 e. The van der Waals surface area contributed by atoms with Gasteiger partial charge in [0.15, 0.2) is 11.5 Å². The van der Waals surface area contributed by atoms with Crippen LogP contribution in [-0.4, -0.2) is 33.2 Å². The van der Waals surface area contributed by atoms with Crippen molar-refractivity contribution in [3.63, 3.8) is 0 Å². The summed E-state index contributed by atoms with van der Waals surface area (Å²) in [5, 5.41) is 2.90. The molecule has 5 nitrogen and oxygen atoms in total. The third-order valence-corrected chi connectivity index (χ3v) is 3.27. The Morgan fingerprint density at radius 1 is 1.25 bits per heavy atom. The average molecular weight is 280 g/mol. The molecule has 3 N–H and O–H groups in total. The quantitative estimate of drug-likeness (QED) is 0.790. The highest BCUT2D eigenvalue weighted by Crippen LogP contribution is 2.27. The molecule has 0 saturated carbocycles. The van der Waals surface area contributed by atoms with Crippen LogP contribution in [0, 0.1) is 5.41 Å². The van der Waals surface area contributed by atoms with Crippen LogP contribution in [0.2, 0.25) is 0 Å². The highest BCUT2D eigenvalue weighted by molar-refractivity contribution is 5.82. The Morgan fingerprint density at radius 2 is 1.90 bits per heavy atom. The summed E-state index contributed by atoms with van der Waals surface area (Å²) in [5.74, 6) is 1.36. The fourth-order valence-corrected chi connectivity index (χ4v) is 1.69. The summed E-state index contributed by atoms with van der Waals surface area (Å²) < 4.78 is 10.4. The minimum absolute atomic E-state index is 0.0273. The van der Waals surface area contributed by atoms with E-state index in [9.17, 15) is 4.79 Å². The number of nitrogens with one attached hydrogen (secondary N) is 1. The fraction of sp³-hybridized carbons (Fsp3) is 0.533. The lowest BCUT2D eigenvalue weighted by Gasteiger charge is -2.21. The second-order valence-corrected chi connectivity index (χ2v) is 5.28. The zero-order chi connectivity index (χ0) is 15.2. The van der Waals surface area contributed by atoms with Gasteiger partial charge < -0.3 is 20.5 Å². The molecule has 0 aliphatic carbocycles. The number of nitrogens with two attached hydrogens (primary N) is 1. The maximum atomic E-state index is 11.9. The summed E-state index contributed by atoms with van der Waals surface area (Å²) in [4.78, 5) is 11.9. The minimum Gasteiger partial charge on any atom is -0.493 e. The van der Waals surface area contributed by atoms with E-state index in [1.165, 1.54) is 0 Å². The Morgan fingerprint density at radius 3 is 2.45 bits per heavy atom. The van der Waals surface area contributed by atoms with Gasteiger partial charge in [0.1, 0.15) is 0 Å². The van der Waals surface area contributed by atoms with Crippen LogP contribution in [0.15, 0.2) is 18.2 Å². The first-order chi connectivity index (χ1) is 9.44. The van der Waals surface area contributed by atoms with Crippen molar-refractivity contribution in [1.29, 1.82) is 0 Å². The van der Waals surface area contributed by atoms with Gasteiger partial charge in [-0.3, -0.25) is 4.79 Å². The molecular weight excluding hydrogens is 256 g/mol. The van der Waals surface area contributed by atoms with Crippen LogP contribution in [0.25, 0.3) is 0 Å². The predicted octanol–water partition coefficient (Wildman–Crippen LogP) is 1.35. The lowest BCUT2D eigenvalue weighted by Crippen LogP contribution is -2.42. The number of rotatable bonds is 7. The Kier molecular flexibility index (Phi) is 5.82. The van der Waals surface area contributed by atoms with Crippen molar-refractivity contribution in [2.75, 3.05) is 27.3 Å². The lowest BCUT2D eigenvalue weighted by molar-refractivity contribution is -0.128. The van der Waals surface area contributed by atoms with Gasteiger partial charge in [-0.2, -0.15) is 0 Å². The normalized spacial score (nSPS) is 11.1. The molecule has 0 aliphatic rings. The summed E-state index contributed by atoms with van der Waals surface area (Å²) in [5.41, 5.74) is 6.12. The summed E-state index contributed by atoms with van der Waals surface area (Å²) >= 11 is 0. The molecule has 1 aromatic carbocycles. The van der Waals surface area contributed by atoms with Crippen molar-refractivity contribution in [2.45, 2.75) is 20.3 Å². The third-order valence-electron chi connectivity index (χ3n) is 3.27. The van der Waals surface area contributed by atoms with E-state index < -0.39 is 5.41 Å². The molecule has 112 valence electrons. The van der Waals surface area contributed by atoms with E-state index in [1.807, 2.05) is 32.0 Å². The average Bonchev–Trinajstić information content (AvgIpc) is 2.46. The monoisotopic (exact) mass is 280 g/mol. The molecule has 1 amide bonds. The van der Waals surface area contributed by atoms with Gasteiger partial charge in [0.05, 0.1) is 19.6 Å². The molecule has 20 heavy (non-hydrogen) atoms. The standard InChI is InChI=1S/C15H24N2O3/c1-15(2,10-16)14(18)17-8-7-11-5-6-12(19-3)13(9-11)20-4/h5-6,9H,7-8,10,16H2,1-4H3,(H,17,18). The number of amides is 1. The second kappa shape index (κ2) is 7.14. The summed E-state index contributed by atoms with van der Waals surface area (Å²) in [6, 6.07) is 5.74. The van der Waals surface area contributed by atoms with E-state index in [0.29, 0.717) is 24.6 Å². The van der Waals surface area contributed by atoms with Crippen LogP contribution in [0.3, 0.4) is 0 Å². The highest BCUT2D eigenvalue weighted by atomic mass is 16.5. The Bertz CT molecular complexity index is 458. The summed E-state index contributed by atoms with van der Waals surface area (Å²) in [7, 11) is 3.21. The maximum absolute atomic E-state index is 11.9. The van der Waals surface area contributed by atoms with Gasteiger partial charge in [0.2, 0.25) is 5.91 Å². The topological polar surface area (TPSA) is 73.6 Å². The Balaban J connectivity index is 2.57. The molecule has 0 saturated heterocycles. The van der Waals surface area contributed by atoms with Gasteiger partial charge in [0, 0.05) is 13.1 Å². The van der Waals surface area contributed by atoms with Crippen molar-refractivity contribution in [3.8, 4) is 11.5 Å². The fourth-order valence-electron chi connectivity index (χ4n) is 1.69. The van der Waals surface area contributed by atoms with Gasteiger partial charge in [-0.25, -0.2) is 0 Å². The summed E-state index contributed by atoms with van der Waals surface area (Å²) in [6.07, 6.45) is 0.729. The first kappa shape index (κ1) is 16.3. The molecule has 1 rings (SSSR count). The second-order valence-electron chi connectivity index (χ2n) is 5.28. The van der Waals surface area contributed by atoms with Crippen molar-refractivity contribution >= 4 is 5.91 Å². The highest BCUT2D eigenvalue weighted by Gasteiger charge is 2.24. The van der Waals surface area contributed by atoms with Gasteiger partial charge in [-0.1, -0.05) is 6.07 Å². The number of hydrogen-bond donors (Lipinski definition) is 2. The van der Waals surface area contributed by atoms with E-state index >= 15 is 0 Å². The van der Waals surface area contributed by atoms with Crippen LogP contribution >= 0.6 is 0 Å². The molecule has 5 heteroatoms. The van der Waals surface area contributed by atoms with Crippen LogP contribution in [0.5, 0.6) is 11.5 Å². The van der Waals surface area contributed by atoms with E-state index in [1.54, 1.807) is 14.2 Å². The van der Waals surface area contributed by atoms with E-state index in [2.05, 4.69) is 5.32 Å². The van der Waals surface area contributed by atoms with Crippen LogP contribution in [-0.2, 0) is 11.2 Å². The van der Waals surface area contributed by atoms with Crippen molar-refractivity contribution in [1.82, 2.24) is 5.32 Å². The number of ether oxygens (including phenoxy) is 2. The molecule has 0 heterocycles. The van der Waals surface area contributed by atoms with Crippen molar-refractivity contribution in [2.24, 2.45) is 11.1 Å². The SMILES string of the molecule is COc1ccc(CCNC(=O)C(C)(C)CN)cc1OC. The maximum Gasteiger partial charge on any atom is 0.226 e. The third kappa shape index (κ3) is 4.13. The minimum atomic E-state index is -0.530. The molecule has 0 aromatic heterocycles. The predicted molar refractivity (Wildman–Crippen MR) is 79.1 cm³/mol. The van der Waals surface area contributed by atoms with E-state index in [-0.39, 0.29) is 5.91 Å². The number of carbonyl (C=O) groups is 1. The molecule has 0 atom stereocenters. The van der Waals surface area contributed by atoms with Crippen molar-refractivity contribution in [3.05, 3.63) is 23.8 Å². The molecule has 0 fully saturated rings. The van der Waals surface area contributed by atoms with Crippen LogP contribution in [0.1, 0.15) is 19.4 Å². The van der Waals surface area contributed by atoms with E-state index in [0.717, 1.165) is 12.0 Å². The lowest BCUT2D eigenvalue weighted by atomic mass is 9.92. The molecular formula is C15H24N2O3. The zero-order valence-electron chi connectivity index (χ0n) is 12.7. The molecule has 0 aliphatic heterocycles. The number of methoxy groups -OCH3 is 2. The molecule has 0 bridgehead atoms. The van der Waals surface area contributed by atoms with Gasteiger partial charge in [-0.15, -0.1) is 0 Å². The number of benzene rings is 1. The van der Waals surface area contributed by atoms with Gasteiger partial charge in [0.25, 0.3) is 0 Å². The summed E-state index contributed by atoms with van der Waals surface area (Å²) in [6.45, 7) is 4.56. The Labute approximate surface area is 120 Å².